The average molecular weight is 189 g/mol. The van der Waals surface area contributed by atoms with E-state index in [1.807, 2.05) is 0 Å². The standard InChI is InChI=1S/C8H6ClFO2/c1-4(11)6-2-5(10)3-7(9)8(6)12/h2-3,12H,1H3. The van der Waals surface area contributed by atoms with Gasteiger partial charge in [0.25, 0.3) is 0 Å². The molecule has 0 bridgehead atoms. The Morgan fingerprint density at radius 1 is 1.58 bits per heavy atom. The van der Waals surface area contributed by atoms with E-state index in [1.54, 1.807) is 0 Å². The molecule has 0 heterocycles. The van der Waals surface area contributed by atoms with Gasteiger partial charge in [-0.25, -0.2) is 4.39 Å². The molecule has 1 rings (SSSR count). The normalized spacial score (nSPS) is 9.92. The van der Waals surface area contributed by atoms with Crippen LogP contribution in [0.15, 0.2) is 12.1 Å². The van der Waals surface area contributed by atoms with Gasteiger partial charge in [-0.15, -0.1) is 0 Å². The van der Waals surface area contributed by atoms with Gasteiger partial charge in [0.1, 0.15) is 11.6 Å². The van der Waals surface area contributed by atoms with E-state index in [-0.39, 0.29) is 16.3 Å². The highest BCUT2D eigenvalue weighted by Gasteiger charge is 2.11. The summed E-state index contributed by atoms with van der Waals surface area (Å²) in [5.41, 5.74) is -0.0972. The molecule has 0 spiro atoms. The van der Waals surface area contributed by atoms with Crippen molar-refractivity contribution >= 4 is 17.4 Å². The molecule has 0 fully saturated rings. The predicted octanol–water partition coefficient (Wildman–Crippen LogP) is 2.39. The molecule has 1 aromatic rings. The monoisotopic (exact) mass is 188 g/mol. The average Bonchev–Trinajstić information content (AvgIpc) is 1.96. The molecule has 4 heteroatoms. The fourth-order valence-corrected chi connectivity index (χ4v) is 1.04. The number of ketones is 1. The Morgan fingerprint density at radius 2 is 2.17 bits per heavy atom. The maximum absolute atomic E-state index is 12.6. The van der Waals surface area contributed by atoms with Crippen molar-refractivity contribution < 1.29 is 14.3 Å². The quantitative estimate of drug-likeness (QED) is 0.687. The lowest BCUT2D eigenvalue weighted by Crippen LogP contribution is -1.94. The third-order valence-corrected chi connectivity index (χ3v) is 1.70. The van der Waals surface area contributed by atoms with Gasteiger partial charge < -0.3 is 5.11 Å². The first kappa shape index (κ1) is 9.00. The van der Waals surface area contributed by atoms with Gasteiger partial charge in [0.05, 0.1) is 10.6 Å². The molecular formula is C8H6ClFO2. The lowest BCUT2D eigenvalue weighted by atomic mass is 10.1. The van der Waals surface area contributed by atoms with Crippen molar-refractivity contribution in [3.05, 3.63) is 28.5 Å². The summed E-state index contributed by atoms with van der Waals surface area (Å²) < 4.78 is 12.6. The Morgan fingerprint density at radius 3 is 2.67 bits per heavy atom. The summed E-state index contributed by atoms with van der Waals surface area (Å²) in [6, 6.07) is 1.90. The zero-order chi connectivity index (χ0) is 9.30. The first-order valence-electron chi connectivity index (χ1n) is 3.21. The maximum Gasteiger partial charge on any atom is 0.163 e. The van der Waals surface area contributed by atoms with Crippen LogP contribution in [0.1, 0.15) is 17.3 Å². The number of carbonyl (C=O) groups excluding carboxylic acids is 1. The number of hydrogen-bond donors (Lipinski definition) is 1. The van der Waals surface area contributed by atoms with Crippen LogP contribution in [-0.2, 0) is 0 Å². The van der Waals surface area contributed by atoms with E-state index in [0.29, 0.717) is 0 Å². The lowest BCUT2D eigenvalue weighted by molar-refractivity contribution is 0.101. The van der Waals surface area contributed by atoms with E-state index in [9.17, 15) is 14.3 Å². The highest BCUT2D eigenvalue weighted by Crippen LogP contribution is 2.28. The van der Waals surface area contributed by atoms with E-state index < -0.39 is 11.6 Å². The molecule has 0 atom stereocenters. The molecule has 0 aliphatic rings. The van der Waals surface area contributed by atoms with Crippen LogP contribution in [0.5, 0.6) is 5.75 Å². The van der Waals surface area contributed by atoms with Gasteiger partial charge in [-0.05, 0) is 19.1 Å². The topological polar surface area (TPSA) is 37.3 Å². The zero-order valence-corrected chi connectivity index (χ0v) is 7.02. The maximum atomic E-state index is 12.6. The van der Waals surface area contributed by atoms with Crippen molar-refractivity contribution in [2.24, 2.45) is 0 Å². The van der Waals surface area contributed by atoms with E-state index in [1.165, 1.54) is 6.92 Å². The molecule has 0 unspecified atom stereocenters. The van der Waals surface area contributed by atoms with Crippen LogP contribution in [0.2, 0.25) is 5.02 Å². The first-order valence-corrected chi connectivity index (χ1v) is 3.59. The van der Waals surface area contributed by atoms with Crippen molar-refractivity contribution in [3.63, 3.8) is 0 Å². The second kappa shape index (κ2) is 3.11. The van der Waals surface area contributed by atoms with Crippen molar-refractivity contribution in [1.82, 2.24) is 0 Å². The Bertz CT molecular complexity index is 336. The van der Waals surface area contributed by atoms with Gasteiger partial charge in [0.15, 0.2) is 5.78 Å². The number of aromatic hydroxyl groups is 1. The second-order valence-electron chi connectivity index (χ2n) is 2.34. The molecule has 1 N–H and O–H groups in total. The molecule has 12 heavy (non-hydrogen) atoms. The minimum Gasteiger partial charge on any atom is -0.506 e. The Hall–Kier alpha value is -1.09. The minimum absolute atomic E-state index is 0.0972. The van der Waals surface area contributed by atoms with Gasteiger partial charge in [-0.3, -0.25) is 4.79 Å². The molecule has 0 aliphatic carbocycles. The smallest absolute Gasteiger partial charge is 0.163 e. The van der Waals surface area contributed by atoms with E-state index >= 15 is 0 Å². The predicted molar refractivity (Wildman–Crippen MR) is 43.1 cm³/mol. The lowest BCUT2D eigenvalue weighted by Gasteiger charge is -2.01. The summed E-state index contributed by atoms with van der Waals surface area (Å²) in [6.45, 7) is 1.23. The van der Waals surface area contributed by atoms with Crippen LogP contribution in [0, 0.1) is 5.82 Å². The zero-order valence-electron chi connectivity index (χ0n) is 6.27. The molecule has 0 saturated carbocycles. The molecular weight excluding hydrogens is 183 g/mol. The Kier molecular flexibility index (Phi) is 2.33. The van der Waals surface area contributed by atoms with Gasteiger partial charge >= 0.3 is 0 Å². The summed E-state index contributed by atoms with van der Waals surface area (Å²) in [7, 11) is 0. The molecule has 0 aromatic heterocycles. The summed E-state index contributed by atoms with van der Waals surface area (Å²) in [6.07, 6.45) is 0. The van der Waals surface area contributed by atoms with Crippen LogP contribution in [-0.4, -0.2) is 10.9 Å². The fraction of sp³-hybridized carbons (Fsp3) is 0.125. The second-order valence-corrected chi connectivity index (χ2v) is 2.75. The molecule has 0 amide bonds. The third-order valence-electron chi connectivity index (χ3n) is 1.41. The van der Waals surface area contributed by atoms with Crippen molar-refractivity contribution in [2.75, 3.05) is 0 Å². The van der Waals surface area contributed by atoms with Gasteiger partial charge in [-0.1, -0.05) is 11.6 Å². The van der Waals surface area contributed by atoms with Gasteiger partial charge in [-0.2, -0.15) is 0 Å². The third kappa shape index (κ3) is 1.56. The van der Waals surface area contributed by atoms with Crippen molar-refractivity contribution in [2.45, 2.75) is 6.92 Å². The fourth-order valence-electron chi connectivity index (χ4n) is 0.834. The first-order chi connectivity index (χ1) is 5.52. The molecule has 0 saturated heterocycles. The van der Waals surface area contributed by atoms with Gasteiger partial charge in [0.2, 0.25) is 0 Å². The Labute approximate surface area is 73.6 Å². The van der Waals surface area contributed by atoms with Crippen LogP contribution in [0.4, 0.5) is 4.39 Å². The summed E-state index contributed by atoms with van der Waals surface area (Å²) in [4.78, 5) is 10.8. The number of hydrogen-bond acceptors (Lipinski definition) is 2. The highest BCUT2D eigenvalue weighted by molar-refractivity contribution is 6.32. The summed E-state index contributed by atoms with van der Waals surface area (Å²) in [5, 5.41) is 9.02. The van der Waals surface area contributed by atoms with Crippen LogP contribution in [0.3, 0.4) is 0 Å². The van der Waals surface area contributed by atoms with E-state index in [4.69, 9.17) is 11.6 Å². The summed E-state index contributed by atoms with van der Waals surface area (Å²) >= 11 is 5.42. The van der Waals surface area contributed by atoms with Crippen LogP contribution in [0.25, 0.3) is 0 Å². The van der Waals surface area contributed by atoms with Crippen LogP contribution >= 0.6 is 11.6 Å². The number of carbonyl (C=O) groups is 1. The van der Waals surface area contributed by atoms with Gasteiger partial charge in [0, 0.05) is 0 Å². The van der Waals surface area contributed by atoms with E-state index in [0.717, 1.165) is 12.1 Å². The number of phenols is 1. The van der Waals surface area contributed by atoms with Crippen molar-refractivity contribution in [1.29, 1.82) is 0 Å². The van der Waals surface area contributed by atoms with Crippen molar-refractivity contribution in [3.8, 4) is 5.75 Å². The molecule has 0 aliphatic heterocycles. The largest absolute Gasteiger partial charge is 0.506 e. The summed E-state index contributed by atoms with van der Waals surface area (Å²) in [5.74, 6) is -1.43. The molecule has 1 aromatic carbocycles. The SMILES string of the molecule is CC(=O)c1cc(F)cc(Cl)c1O. The molecule has 0 radical (unpaired) electrons. The Balaban J connectivity index is 3.37. The number of Topliss-reactive ketones (excluding diaryl/α,β-unsaturated/α-hetero) is 1. The number of halogens is 2. The molecule has 2 nitrogen and oxygen atoms in total. The highest BCUT2D eigenvalue weighted by atomic mass is 35.5. The number of benzene rings is 1. The van der Waals surface area contributed by atoms with E-state index in [2.05, 4.69) is 0 Å². The number of phenolic OH excluding ortho intramolecular Hbond substituents is 1. The number of rotatable bonds is 1. The minimum atomic E-state index is -0.636. The molecule has 64 valence electrons. The van der Waals surface area contributed by atoms with Crippen LogP contribution < -0.4 is 0 Å².